The highest BCUT2D eigenvalue weighted by atomic mass is 15.4. The van der Waals surface area contributed by atoms with Gasteiger partial charge in [-0.1, -0.05) is 36.4 Å². The molecule has 6 heteroatoms. The number of benzene rings is 2. The van der Waals surface area contributed by atoms with E-state index >= 15 is 0 Å². The van der Waals surface area contributed by atoms with E-state index in [2.05, 4.69) is 25.4 Å². The average molecular weight is 304 g/mol. The lowest BCUT2D eigenvalue weighted by Gasteiger charge is -2.18. The van der Waals surface area contributed by atoms with Crippen LogP contribution >= 0.6 is 0 Å². The lowest BCUT2D eigenvalue weighted by Crippen LogP contribution is -2.23. The minimum Gasteiger partial charge on any atom is -0.291 e. The van der Waals surface area contributed by atoms with Gasteiger partial charge in [0, 0.05) is 19.3 Å². The van der Waals surface area contributed by atoms with Crippen LogP contribution in [0, 0.1) is 0 Å². The Morgan fingerprint density at radius 1 is 0.826 bits per heavy atom. The second kappa shape index (κ2) is 6.74. The Morgan fingerprint density at radius 3 is 1.78 bits per heavy atom. The summed E-state index contributed by atoms with van der Waals surface area (Å²) in [6.07, 6.45) is 5.11. The summed E-state index contributed by atoms with van der Waals surface area (Å²) in [7, 11) is 0. The van der Waals surface area contributed by atoms with Gasteiger partial charge in [0.2, 0.25) is 0 Å². The summed E-state index contributed by atoms with van der Waals surface area (Å²) < 4.78 is 1.76. The summed E-state index contributed by atoms with van der Waals surface area (Å²) in [6.45, 7) is 1.83. The average Bonchev–Trinajstić information content (AvgIpc) is 3.16. The molecule has 0 aliphatic carbocycles. The fraction of sp³-hybridized carbons (Fsp3) is 0.118. The highest BCUT2D eigenvalue weighted by molar-refractivity contribution is 5.35. The normalized spacial score (nSPS) is 14.3. The first-order chi connectivity index (χ1) is 11.3. The first-order valence-corrected chi connectivity index (χ1v) is 7.21. The molecule has 0 unspecified atom stereocenters. The lowest BCUT2D eigenvalue weighted by atomic mass is 10.3. The maximum absolute atomic E-state index is 4.37. The summed E-state index contributed by atoms with van der Waals surface area (Å²) in [5.41, 5.74) is 1.52. The maximum atomic E-state index is 4.37. The van der Waals surface area contributed by atoms with E-state index in [0.29, 0.717) is 0 Å². The van der Waals surface area contributed by atoms with Crippen LogP contribution in [-0.2, 0) is 5.79 Å². The van der Waals surface area contributed by atoms with Crippen LogP contribution in [-0.4, -0.2) is 9.55 Å². The monoisotopic (exact) mass is 304 g/mol. The number of nitrogens with zero attached hydrogens (tertiary/aromatic N) is 6. The Bertz CT molecular complexity index is 729. The molecule has 1 heterocycles. The van der Waals surface area contributed by atoms with E-state index in [-0.39, 0.29) is 0 Å². The maximum Gasteiger partial charge on any atom is 0.267 e. The second-order valence-electron chi connectivity index (χ2n) is 5.01. The molecule has 0 radical (unpaired) electrons. The molecule has 0 spiro atoms. The fourth-order valence-corrected chi connectivity index (χ4v) is 1.93. The molecule has 0 saturated heterocycles. The summed E-state index contributed by atoms with van der Waals surface area (Å²) in [5, 5.41) is 17.3. The molecule has 1 aromatic heterocycles. The van der Waals surface area contributed by atoms with Crippen LogP contribution in [0.4, 0.5) is 11.4 Å². The van der Waals surface area contributed by atoms with Crippen LogP contribution in [0.5, 0.6) is 0 Å². The summed E-state index contributed by atoms with van der Waals surface area (Å²) >= 11 is 0. The van der Waals surface area contributed by atoms with Crippen LogP contribution in [0.2, 0.25) is 0 Å². The van der Waals surface area contributed by atoms with Gasteiger partial charge in [-0.05, 0) is 24.3 Å². The third kappa shape index (κ3) is 3.74. The number of aromatic nitrogens is 2. The van der Waals surface area contributed by atoms with Crippen molar-refractivity contribution in [2.45, 2.75) is 12.7 Å². The van der Waals surface area contributed by atoms with E-state index in [4.69, 9.17) is 0 Å². The van der Waals surface area contributed by atoms with Crippen molar-refractivity contribution in [3.8, 4) is 0 Å². The van der Waals surface area contributed by atoms with Crippen molar-refractivity contribution in [3.63, 3.8) is 0 Å². The third-order valence-corrected chi connectivity index (χ3v) is 3.22. The smallest absolute Gasteiger partial charge is 0.267 e. The SMILES string of the molecule is CC(N=Nc1ccccc1)(N=Nc1ccccc1)n1ccnc1. The molecule has 0 fully saturated rings. The predicted octanol–water partition coefficient (Wildman–Crippen LogP) is 5.08. The Labute approximate surface area is 134 Å². The van der Waals surface area contributed by atoms with Gasteiger partial charge in [-0.3, -0.25) is 4.57 Å². The highest BCUT2D eigenvalue weighted by Gasteiger charge is 2.25. The largest absolute Gasteiger partial charge is 0.291 e. The zero-order chi connectivity index (χ0) is 16.0. The van der Waals surface area contributed by atoms with E-state index in [1.807, 2.05) is 67.6 Å². The molecule has 2 aromatic carbocycles. The van der Waals surface area contributed by atoms with Gasteiger partial charge in [0.1, 0.15) is 0 Å². The van der Waals surface area contributed by atoms with Gasteiger partial charge in [0.25, 0.3) is 5.79 Å². The molecule has 0 atom stereocenters. The van der Waals surface area contributed by atoms with Crippen molar-refractivity contribution in [2.75, 3.05) is 0 Å². The minimum atomic E-state index is -0.998. The molecule has 114 valence electrons. The Balaban J connectivity index is 1.92. The second-order valence-corrected chi connectivity index (χ2v) is 5.01. The van der Waals surface area contributed by atoms with E-state index in [9.17, 15) is 0 Å². The predicted molar refractivity (Wildman–Crippen MR) is 87.8 cm³/mol. The van der Waals surface area contributed by atoms with Crippen molar-refractivity contribution < 1.29 is 0 Å². The molecule has 0 aliphatic rings. The Kier molecular flexibility index (Phi) is 4.33. The van der Waals surface area contributed by atoms with E-state index in [1.165, 1.54) is 0 Å². The van der Waals surface area contributed by atoms with Gasteiger partial charge in [-0.15, -0.1) is 10.2 Å². The van der Waals surface area contributed by atoms with Crippen LogP contribution in [0.3, 0.4) is 0 Å². The van der Waals surface area contributed by atoms with Gasteiger partial charge in [-0.2, -0.15) is 10.2 Å². The van der Waals surface area contributed by atoms with Crippen LogP contribution in [0.1, 0.15) is 6.92 Å². The molecule has 0 saturated carbocycles. The molecule has 0 aliphatic heterocycles. The van der Waals surface area contributed by atoms with Crippen LogP contribution < -0.4 is 0 Å². The van der Waals surface area contributed by atoms with Gasteiger partial charge in [0.05, 0.1) is 17.7 Å². The molecule has 0 N–H and O–H groups in total. The molecule has 3 aromatic rings. The molecular formula is C17H16N6. The van der Waals surface area contributed by atoms with Crippen molar-refractivity contribution in [1.29, 1.82) is 0 Å². The molecule has 6 nitrogen and oxygen atoms in total. The van der Waals surface area contributed by atoms with Gasteiger partial charge in [0.15, 0.2) is 0 Å². The standard InChI is InChI=1S/C17H16N6/c1-17(23-13-12-18-14-23,21-19-15-8-4-2-5-9-15)22-20-16-10-6-3-7-11-16/h2-14H,1H3. The van der Waals surface area contributed by atoms with Crippen LogP contribution in [0.25, 0.3) is 0 Å². The van der Waals surface area contributed by atoms with Crippen molar-refractivity contribution >= 4 is 11.4 Å². The number of azo groups is 2. The number of rotatable bonds is 5. The molecule has 3 rings (SSSR count). The first kappa shape index (κ1) is 14.8. The van der Waals surface area contributed by atoms with Gasteiger partial charge in [-0.25, -0.2) is 4.98 Å². The van der Waals surface area contributed by atoms with Crippen molar-refractivity contribution in [2.24, 2.45) is 20.5 Å². The van der Waals surface area contributed by atoms with Crippen LogP contribution in [0.15, 0.2) is 99.8 Å². The number of hydrogen-bond acceptors (Lipinski definition) is 5. The minimum absolute atomic E-state index is 0.758. The molecule has 0 amide bonds. The first-order valence-electron chi connectivity index (χ1n) is 7.21. The summed E-state index contributed by atoms with van der Waals surface area (Å²) in [5.74, 6) is -0.998. The summed E-state index contributed by atoms with van der Waals surface area (Å²) in [6, 6.07) is 19.0. The third-order valence-electron chi connectivity index (χ3n) is 3.22. The number of hydrogen-bond donors (Lipinski definition) is 0. The fourth-order valence-electron chi connectivity index (χ4n) is 1.93. The zero-order valence-electron chi connectivity index (χ0n) is 12.7. The van der Waals surface area contributed by atoms with E-state index in [1.54, 1.807) is 23.3 Å². The zero-order valence-corrected chi connectivity index (χ0v) is 12.7. The topological polar surface area (TPSA) is 67.3 Å². The molecule has 0 bridgehead atoms. The molecule has 23 heavy (non-hydrogen) atoms. The van der Waals surface area contributed by atoms with Gasteiger partial charge >= 0.3 is 0 Å². The van der Waals surface area contributed by atoms with Crippen molar-refractivity contribution in [1.82, 2.24) is 9.55 Å². The highest BCUT2D eigenvalue weighted by Crippen LogP contribution is 2.25. The quantitative estimate of drug-likeness (QED) is 0.606. The Morgan fingerprint density at radius 2 is 1.35 bits per heavy atom. The van der Waals surface area contributed by atoms with Crippen molar-refractivity contribution in [3.05, 3.63) is 79.4 Å². The van der Waals surface area contributed by atoms with Gasteiger partial charge < -0.3 is 0 Å². The number of imidazole rings is 1. The van der Waals surface area contributed by atoms with E-state index in [0.717, 1.165) is 11.4 Å². The lowest BCUT2D eigenvalue weighted by molar-refractivity contribution is 0.319. The molecular weight excluding hydrogens is 288 g/mol. The Hall–Kier alpha value is -3.15. The summed E-state index contributed by atoms with van der Waals surface area (Å²) in [4.78, 5) is 4.06. The van der Waals surface area contributed by atoms with E-state index < -0.39 is 5.79 Å².